The van der Waals surface area contributed by atoms with Gasteiger partial charge >= 0.3 is 6.18 Å². The van der Waals surface area contributed by atoms with Gasteiger partial charge in [0.05, 0.1) is 31.9 Å². The van der Waals surface area contributed by atoms with Crippen LogP contribution in [0.1, 0.15) is 17.5 Å². The Labute approximate surface area is 204 Å². The first-order valence-electron chi connectivity index (χ1n) is 10.5. The number of likely N-dealkylation sites (N-methyl/N-ethyl adjacent to an activating group) is 1. The SMILES string of the molecule is CN(C)C(=O)CNC(=NCc1cccc(C(F)(F)F)c1)N1CCC(N2CCOCC2)C1.I. The second kappa shape index (κ2) is 12.0. The number of halogens is 4. The zero-order valence-electron chi connectivity index (χ0n) is 18.4. The number of alkyl halides is 3. The molecule has 2 aliphatic rings. The Hall–Kier alpha value is -1.60. The second-order valence-corrected chi connectivity index (χ2v) is 8.02. The standard InChI is InChI=1S/C21H30F3N5O2.HI/c1-27(2)19(30)14-26-20(25-13-16-4-3-5-17(12-16)21(22,23)24)29-7-6-18(15-29)28-8-10-31-11-9-28;/h3-5,12,18H,6-11,13-15H2,1-2H3,(H,25,26);1H. The largest absolute Gasteiger partial charge is 0.416 e. The van der Waals surface area contributed by atoms with Gasteiger partial charge in [0.15, 0.2) is 5.96 Å². The molecule has 3 rings (SSSR count). The highest BCUT2D eigenvalue weighted by Gasteiger charge is 2.31. The number of guanidine groups is 1. The number of amides is 1. The van der Waals surface area contributed by atoms with Gasteiger partial charge in [0.2, 0.25) is 5.91 Å². The summed E-state index contributed by atoms with van der Waals surface area (Å²) in [5.41, 5.74) is -0.219. The van der Waals surface area contributed by atoms with Gasteiger partial charge < -0.3 is 19.9 Å². The van der Waals surface area contributed by atoms with Gasteiger partial charge in [0.1, 0.15) is 0 Å². The van der Waals surface area contributed by atoms with Crippen LogP contribution in [0.15, 0.2) is 29.3 Å². The van der Waals surface area contributed by atoms with E-state index in [1.54, 1.807) is 20.2 Å². The summed E-state index contributed by atoms with van der Waals surface area (Å²) >= 11 is 0. The highest BCUT2D eigenvalue weighted by Crippen LogP contribution is 2.29. The number of hydrogen-bond donors (Lipinski definition) is 1. The van der Waals surface area contributed by atoms with Crippen LogP contribution in [0.25, 0.3) is 0 Å². The van der Waals surface area contributed by atoms with Crippen LogP contribution in [-0.2, 0) is 22.3 Å². The Bertz CT molecular complexity index is 785. The third-order valence-corrected chi connectivity index (χ3v) is 5.59. The fourth-order valence-corrected chi connectivity index (χ4v) is 3.77. The third-order valence-electron chi connectivity index (χ3n) is 5.59. The Morgan fingerprint density at radius 2 is 1.97 bits per heavy atom. The molecule has 2 saturated heterocycles. The summed E-state index contributed by atoms with van der Waals surface area (Å²) in [5.74, 6) is 0.444. The van der Waals surface area contributed by atoms with Crippen molar-refractivity contribution < 1.29 is 22.7 Å². The molecule has 180 valence electrons. The van der Waals surface area contributed by atoms with Crippen LogP contribution in [0.3, 0.4) is 0 Å². The Balaban J connectivity index is 0.00000363. The molecule has 0 bridgehead atoms. The number of morpholine rings is 1. The molecular weight excluding hydrogens is 538 g/mol. The molecule has 2 heterocycles. The maximum Gasteiger partial charge on any atom is 0.416 e. The van der Waals surface area contributed by atoms with E-state index in [1.807, 2.05) is 0 Å². The molecule has 2 fully saturated rings. The normalized spacial score (nSPS) is 20.1. The summed E-state index contributed by atoms with van der Waals surface area (Å²) in [6, 6.07) is 5.55. The highest BCUT2D eigenvalue weighted by atomic mass is 127. The molecule has 11 heteroatoms. The average Bonchev–Trinajstić information content (AvgIpc) is 3.24. The van der Waals surface area contributed by atoms with E-state index in [2.05, 4.69) is 20.1 Å². The summed E-state index contributed by atoms with van der Waals surface area (Å²) in [6.07, 6.45) is -3.43. The van der Waals surface area contributed by atoms with Crippen molar-refractivity contribution >= 4 is 35.8 Å². The first-order valence-corrected chi connectivity index (χ1v) is 10.5. The van der Waals surface area contributed by atoms with E-state index in [0.29, 0.717) is 17.6 Å². The van der Waals surface area contributed by atoms with Gasteiger partial charge in [-0.1, -0.05) is 12.1 Å². The molecule has 0 radical (unpaired) electrons. The van der Waals surface area contributed by atoms with Crippen molar-refractivity contribution in [1.82, 2.24) is 20.0 Å². The van der Waals surface area contributed by atoms with E-state index >= 15 is 0 Å². The number of aliphatic imine (C=N–C) groups is 1. The molecule has 0 aliphatic carbocycles. The zero-order valence-corrected chi connectivity index (χ0v) is 20.7. The fraction of sp³-hybridized carbons (Fsp3) is 0.619. The lowest BCUT2D eigenvalue weighted by Gasteiger charge is -2.32. The number of nitrogens with one attached hydrogen (secondary N) is 1. The van der Waals surface area contributed by atoms with Crippen molar-refractivity contribution in [2.75, 3.05) is 60.0 Å². The number of rotatable bonds is 5. The van der Waals surface area contributed by atoms with Crippen LogP contribution in [-0.4, -0.2) is 92.6 Å². The van der Waals surface area contributed by atoms with Gasteiger partial charge in [-0.3, -0.25) is 9.69 Å². The Morgan fingerprint density at radius 1 is 1.25 bits per heavy atom. The van der Waals surface area contributed by atoms with E-state index in [0.717, 1.165) is 57.9 Å². The number of ether oxygens (including phenoxy) is 1. The molecule has 1 unspecified atom stereocenters. The minimum atomic E-state index is -4.39. The van der Waals surface area contributed by atoms with Crippen LogP contribution < -0.4 is 5.32 Å². The van der Waals surface area contributed by atoms with E-state index in [1.165, 1.54) is 11.0 Å². The number of carbonyl (C=O) groups is 1. The number of benzene rings is 1. The number of hydrogen-bond acceptors (Lipinski definition) is 4. The first kappa shape index (κ1) is 26.7. The summed E-state index contributed by atoms with van der Waals surface area (Å²) in [5, 5.41) is 3.10. The number of carbonyl (C=O) groups excluding carboxylic acids is 1. The van der Waals surface area contributed by atoms with Crippen LogP contribution in [0, 0.1) is 0 Å². The maximum atomic E-state index is 13.0. The fourth-order valence-electron chi connectivity index (χ4n) is 3.77. The smallest absolute Gasteiger partial charge is 0.379 e. The van der Waals surface area contributed by atoms with E-state index in [9.17, 15) is 18.0 Å². The minimum Gasteiger partial charge on any atom is -0.379 e. The average molecular weight is 569 g/mol. The van der Waals surface area contributed by atoms with Crippen molar-refractivity contribution in [1.29, 1.82) is 0 Å². The molecule has 1 atom stereocenters. The van der Waals surface area contributed by atoms with E-state index in [-0.39, 0.29) is 43.0 Å². The van der Waals surface area contributed by atoms with Crippen molar-refractivity contribution in [3.63, 3.8) is 0 Å². The molecule has 0 spiro atoms. The number of likely N-dealkylation sites (tertiary alicyclic amines) is 1. The van der Waals surface area contributed by atoms with Gasteiger partial charge in [0.25, 0.3) is 0 Å². The first-order chi connectivity index (χ1) is 14.7. The van der Waals surface area contributed by atoms with Crippen molar-refractivity contribution in [3.8, 4) is 0 Å². The quantitative estimate of drug-likeness (QED) is 0.335. The highest BCUT2D eigenvalue weighted by molar-refractivity contribution is 14.0. The van der Waals surface area contributed by atoms with Crippen LogP contribution in [0.4, 0.5) is 13.2 Å². The monoisotopic (exact) mass is 569 g/mol. The molecule has 7 nitrogen and oxygen atoms in total. The summed E-state index contributed by atoms with van der Waals surface area (Å²) in [4.78, 5) is 22.6. The van der Waals surface area contributed by atoms with Gasteiger partial charge in [-0.25, -0.2) is 4.99 Å². The lowest BCUT2D eigenvalue weighted by molar-refractivity contribution is -0.137. The second-order valence-electron chi connectivity index (χ2n) is 8.02. The summed E-state index contributed by atoms with van der Waals surface area (Å²) in [6.45, 7) is 4.93. The topological polar surface area (TPSA) is 60.4 Å². The molecule has 1 aromatic carbocycles. The molecular formula is C21H31F3IN5O2. The van der Waals surface area contributed by atoms with Gasteiger partial charge in [-0.2, -0.15) is 13.2 Å². The third kappa shape index (κ3) is 7.48. The summed E-state index contributed by atoms with van der Waals surface area (Å²) in [7, 11) is 3.35. The van der Waals surface area contributed by atoms with Gasteiger partial charge in [-0.05, 0) is 24.1 Å². The van der Waals surface area contributed by atoms with Crippen molar-refractivity contribution in [3.05, 3.63) is 35.4 Å². The van der Waals surface area contributed by atoms with E-state index in [4.69, 9.17) is 4.74 Å². The van der Waals surface area contributed by atoms with Crippen LogP contribution >= 0.6 is 24.0 Å². The lowest BCUT2D eigenvalue weighted by Crippen LogP contribution is -2.48. The molecule has 1 N–H and O–H groups in total. The van der Waals surface area contributed by atoms with Crippen molar-refractivity contribution in [2.45, 2.75) is 25.2 Å². The van der Waals surface area contributed by atoms with Crippen LogP contribution in [0.5, 0.6) is 0 Å². The van der Waals surface area contributed by atoms with E-state index < -0.39 is 11.7 Å². The molecule has 0 aromatic heterocycles. The van der Waals surface area contributed by atoms with Crippen molar-refractivity contribution in [2.24, 2.45) is 4.99 Å². The lowest BCUT2D eigenvalue weighted by atomic mass is 10.1. The minimum absolute atomic E-state index is 0. The van der Waals surface area contributed by atoms with Gasteiger partial charge in [-0.15, -0.1) is 24.0 Å². The predicted molar refractivity (Wildman–Crippen MR) is 127 cm³/mol. The zero-order chi connectivity index (χ0) is 22.4. The predicted octanol–water partition coefficient (Wildman–Crippen LogP) is 2.26. The summed E-state index contributed by atoms with van der Waals surface area (Å²) < 4.78 is 44.4. The molecule has 32 heavy (non-hydrogen) atoms. The Morgan fingerprint density at radius 3 is 2.62 bits per heavy atom. The van der Waals surface area contributed by atoms with Crippen LogP contribution in [0.2, 0.25) is 0 Å². The Kier molecular flexibility index (Phi) is 10.0. The molecule has 1 amide bonds. The maximum absolute atomic E-state index is 13.0. The van der Waals surface area contributed by atoms with Gasteiger partial charge in [0, 0.05) is 46.3 Å². The molecule has 2 aliphatic heterocycles. The molecule has 0 saturated carbocycles. The molecule has 1 aromatic rings. The number of nitrogens with zero attached hydrogens (tertiary/aromatic N) is 4.